The molecule has 2 aromatic heterocycles. The van der Waals surface area contributed by atoms with E-state index in [0.717, 1.165) is 30.9 Å². The summed E-state index contributed by atoms with van der Waals surface area (Å²) in [4.78, 5) is 18.7. The number of piperidine rings is 1. The zero-order valence-corrected chi connectivity index (χ0v) is 13.7. The molecule has 8 heteroatoms. The number of halogens is 1. The lowest BCUT2D eigenvalue weighted by molar-refractivity contribution is -0.120. The predicted molar refractivity (Wildman–Crippen MR) is 87.5 cm³/mol. The van der Waals surface area contributed by atoms with E-state index < -0.39 is 0 Å². The normalized spacial score (nSPS) is 18.3. The lowest BCUT2D eigenvalue weighted by Gasteiger charge is -2.32. The number of aryl methyl sites for hydroxylation is 1. The van der Waals surface area contributed by atoms with Crippen molar-refractivity contribution in [2.75, 3.05) is 23.3 Å². The number of amides is 1. The number of carbonyl (C=O) groups excluding carboxylic acids is 1. The van der Waals surface area contributed by atoms with Gasteiger partial charge in [-0.25, -0.2) is 4.98 Å². The predicted octanol–water partition coefficient (Wildman–Crippen LogP) is 2.75. The highest BCUT2D eigenvalue weighted by molar-refractivity contribution is 7.13. The summed E-state index contributed by atoms with van der Waals surface area (Å²) in [5, 5.41) is 13.8. The van der Waals surface area contributed by atoms with Crippen LogP contribution >= 0.6 is 22.9 Å². The van der Waals surface area contributed by atoms with E-state index in [2.05, 4.69) is 25.4 Å². The van der Waals surface area contributed by atoms with Gasteiger partial charge in [0.25, 0.3) is 0 Å². The third-order valence-corrected chi connectivity index (χ3v) is 4.66. The Kier molecular flexibility index (Phi) is 4.54. The van der Waals surface area contributed by atoms with Crippen LogP contribution in [0.2, 0.25) is 5.15 Å². The third kappa shape index (κ3) is 3.53. The largest absolute Gasteiger partial charge is 0.354 e. The molecule has 0 bridgehead atoms. The summed E-state index contributed by atoms with van der Waals surface area (Å²) in [6.07, 6.45) is 1.81. The standard InChI is InChI=1S/C14H16ClN5OS/c1-9-8-22-14(16-9)17-13(21)10-3-2-6-20(7-10)12-5-4-11(15)18-19-12/h4-5,8,10H,2-3,6-7H2,1H3,(H,16,17,21)/t10-/m0/s1. The van der Waals surface area contributed by atoms with Gasteiger partial charge in [0, 0.05) is 18.5 Å². The van der Waals surface area contributed by atoms with Gasteiger partial charge in [0.05, 0.1) is 11.6 Å². The number of aromatic nitrogens is 3. The highest BCUT2D eigenvalue weighted by atomic mass is 35.5. The Morgan fingerprint density at radius 3 is 3.00 bits per heavy atom. The molecule has 1 aliphatic rings. The molecule has 0 aliphatic carbocycles. The molecule has 0 aromatic carbocycles. The van der Waals surface area contributed by atoms with E-state index >= 15 is 0 Å². The Hall–Kier alpha value is -1.73. The molecule has 116 valence electrons. The molecule has 3 rings (SSSR count). The number of thiazole rings is 1. The summed E-state index contributed by atoms with van der Waals surface area (Å²) in [6.45, 7) is 3.41. The molecule has 1 atom stereocenters. The maximum Gasteiger partial charge on any atom is 0.231 e. The van der Waals surface area contributed by atoms with E-state index in [4.69, 9.17) is 11.6 Å². The third-order valence-electron chi connectivity index (χ3n) is 3.58. The Labute approximate surface area is 137 Å². The summed E-state index contributed by atoms with van der Waals surface area (Å²) in [5.74, 6) is 0.698. The van der Waals surface area contributed by atoms with Crippen molar-refractivity contribution in [2.45, 2.75) is 19.8 Å². The molecule has 2 aromatic rings. The van der Waals surface area contributed by atoms with Gasteiger partial charge in [-0.2, -0.15) is 0 Å². The molecule has 1 N–H and O–H groups in total. The Morgan fingerprint density at radius 2 is 2.32 bits per heavy atom. The first-order valence-electron chi connectivity index (χ1n) is 7.09. The topological polar surface area (TPSA) is 71.0 Å². The fraction of sp³-hybridized carbons (Fsp3) is 0.429. The zero-order valence-electron chi connectivity index (χ0n) is 12.1. The second-order valence-corrected chi connectivity index (χ2v) is 6.53. The lowest BCUT2D eigenvalue weighted by atomic mass is 9.97. The van der Waals surface area contributed by atoms with E-state index in [0.29, 0.717) is 16.8 Å². The second-order valence-electron chi connectivity index (χ2n) is 5.28. The second kappa shape index (κ2) is 6.58. The quantitative estimate of drug-likeness (QED) is 0.932. The minimum Gasteiger partial charge on any atom is -0.354 e. The molecule has 1 fully saturated rings. The smallest absolute Gasteiger partial charge is 0.231 e. The van der Waals surface area contributed by atoms with Crippen molar-refractivity contribution in [2.24, 2.45) is 5.92 Å². The average molecular weight is 338 g/mol. The maximum absolute atomic E-state index is 12.4. The van der Waals surface area contributed by atoms with Crippen LogP contribution in [0.25, 0.3) is 0 Å². The zero-order chi connectivity index (χ0) is 15.5. The van der Waals surface area contributed by atoms with Crippen molar-refractivity contribution in [3.8, 4) is 0 Å². The SMILES string of the molecule is Cc1csc(NC(=O)[C@H]2CCCN(c3ccc(Cl)nn3)C2)n1. The van der Waals surface area contributed by atoms with Crippen LogP contribution in [0.5, 0.6) is 0 Å². The van der Waals surface area contributed by atoms with Gasteiger partial charge < -0.3 is 10.2 Å². The molecular formula is C14H16ClN5OS. The maximum atomic E-state index is 12.4. The van der Waals surface area contributed by atoms with Crippen LogP contribution < -0.4 is 10.2 Å². The number of carbonyl (C=O) groups is 1. The fourth-order valence-electron chi connectivity index (χ4n) is 2.50. The molecule has 1 saturated heterocycles. The molecule has 0 radical (unpaired) electrons. The van der Waals surface area contributed by atoms with Crippen LogP contribution in [0.1, 0.15) is 18.5 Å². The van der Waals surface area contributed by atoms with Gasteiger partial charge in [0.1, 0.15) is 0 Å². The number of hydrogen-bond donors (Lipinski definition) is 1. The van der Waals surface area contributed by atoms with Crippen LogP contribution in [0.4, 0.5) is 10.9 Å². The van der Waals surface area contributed by atoms with Gasteiger partial charge in [-0.15, -0.1) is 21.5 Å². The van der Waals surface area contributed by atoms with Crippen molar-refractivity contribution in [3.05, 3.63) is 28.4 Å². The van der Waals surface area contributed by atoms with E-state index in [1.54, 1.807) is 6.07 Å². The molecule has 0 unspecified atom stereocenters. The lowest BCUT2D eigenvalue weighted by Crippen LogP contribution is -2.41. The highest BCUT2D eigenvalue weighted by Crippen LogP contribution is 2.23. The van der Waals surface area contributed by atoms with Crippen LogP contribution in [-0.2, 0) is 4.79 Å². The van der Waals surface area contributed by atoms with Crippen LogP contribution in [0.3, 0.4) is 0 Å². The number of hydrogen-bond acceptors (Lipinski definition) is 6. The van der Waals surface area contributed by atoms with Gasteiger partial charge in [0.15, 0.2) is 16.1 Å². The van der Waals surface area contributed by atoms with Gasteiger partial charge >= 0.3 is 0 Å². The summed E-state index contributed by atoms with van der Waals surface area (Å²) < 4.78 is 0. The van der Waals surface area contributed by atoms with Gasteiger partial charge in [0.2, 0.25) is 5.91 Å². The van der Waals surface area contributed by atoms with Gasteiger partial charge in [-0.3, -0.25) is 4.79 Å². The first kappa shape index (κ1) is 15.2. The molecule has 3 heterocycles. The Balaban J connectivity index is 1.64. The minimum atomic E-state index is -0.0737. The molecule has 22 heavy (non-hydrogen) atoms. The van der Waals surface area contributed by atoms with Crippen molar-refractivity contribution < 1.29 is 4.79 Å². The summed E-state index contributed by atoms with van der Waals surface area (Å²) in [6, 6.07) is 3.55. The summed E-state index contributed by atoms with van der Waals surface area (Å²) in [7, 11) is 0. The van der Waals surface area contributed by atoms with E-state index in [-0.39, 0.29) is 11.8 Å². The molecule has 0 spiro atoms. The van der Waals surface area contributed by atoms with Gasteiger partial charge in [-0.05, 0) is 31.9 Å². The molecule has 1 aliphatic heterocycles. The first-order valence-corrected chi connectivity index (χ1v) is 8.35. The van der Waals surface area contributed by atoms with Gasteiger partial charge in [-0.1, -0.05) is 11.6 Å². The monoisotopic (exact) mass is 337 g/mol. The molecule has 0 saturated carbocycles. The average Bonchev–Trinajstić information content (AvgIpc) is 2.93. The molecular weight excluding hydrogens is 322 g/mol. The van der Waals surface area contributed by atoms with Crippen LogP contribution in [0, 0.1) is 12.8 Å². The highest BCUT2D eigenvalue weighted by Gasteiger charge is 2.27. The summed E-state index contributed by atoms with van der Waals surface area (Å²) in [5.41, 5.74) is 0.919. The summed E-state index contributed by atoms with van der Waals surface area (Å²) >= 11 is 7.21. The molecule has 1 amide bonds. The van der Waals surface area contributed by atoms with E-state index in [1.165, 1.54) is 11.3 Å². The van der Waals surface area contributed by atoms with E-state index in [1.807, 2.05) is 18.4 Å². The van der Waals surface area contributed by atoms with Crippen molar-refractivity contribution in [3.63, 3.8) is 0 Å². The fourth-order valence-corrected chi connectivity index (χ4v) is 3.29. The Morgan fingerprint density at radius 1 is 1.45 bits per heavy atom. The Bertz CT molecular complexity index is 660. The number of nitrogens with one attached hydrogen (secondary N) is 1. The molecule has 6 nitrogen and oxygen atoms in total. The van der Waals surface area contributed by atoms with Crippen LogP contribution in [0.15, 0.2) is 17.5 Å². The van der Waals surface area contributed by atoms with Crippen molar-refractivity contribution in [1.29, 1.82) is 0 Å². The number of anilines is 2. The first-order chi connectivity index (χ1) is 10.6. The minimum absolute atomic E-state index is 0.0148. The van der Waals surface area contributed by atoms with E-state index in [9.17, 15) is 4.79 Å². The number of nitrogens with zero attached hydrogens (tertiary/aromatic N) is 4. The number of rotatable bonds is 3. The van der Waals surface area contributed by atoms with Crippen molar-refractivity contribution >= 4 is 39.8 Å². The van der Waals surface area contributed by atoms with Crippen molar-refractivity contribution in [1.82, 2.24) is 15.2 Å². The van der Waals surface area contributed by atoms with Crippen LogP contribution in [-0.4, -0.2) is 34.2 Å².